The summed E-state index contributed by atoms with van der Waals surface area (Å²) in [6, 6.07) is 3.98. The van der Waals surface area contributed by atoms with E-state index in [0.29, 0.717) is 6.54 Å². The molecule has 0 bridgehead atoms. The van der Waals surface area contributed by atoms with E-state index in [1.54, 1.807) is 11.3 Å². The summed E-state index contributed by atoms with van der Waals surface area (Å²) in [5, 5.41) is 4.67. The first-order valence-electron chi connectivity index (χ1n) is 4.81. The van der Waals surface area contributed by atoms with E-state index >= 15 is 0 Å². The number of alkyl carbamates (subject to hydrolysis) is 1. The molecule has 1 N–H and O–H groups in total. The van der Waals surface area contributed by atoms with Crippen molar-refractivity contribution in [1.82, 2.24) is 5.32 Å². The van der Waals surface area contributed by atoms with E-state index in [2.05, 4.69) is 5.32 Å². The van der Waals surface area contributed by atoms with Gasteiger partial charge in [-0.15, -0.1) is 11.3 Å². The van der Waals surface area contributed by atoms with Crippen molar-refractivity contribution < 1.29 is 9.53 Å². The molecule has 0 saturated carbocycles. The number of thiophene rings is 1. The Labute approximate surface area is 94.5 Å². The van der Waals surface area contributed by atoms with Gasteiger partial charge in [0.2, 0.25) is 0 Å². The molecular weight excluding hydrogens is 210 g/mol. The van der Waals surface area contributed by atoms with Crippen molar-refractivity contribution in [2.24, 2.45) is 0 Å². The average Bonchev–Trinajstić information content (AvgIpc) is 2.53. The van der Waals surface area contributed by atoms with Gasteiger partial charge in [-0.1, -0.05) is 6.07 Å². The van der Waals surface area contributed by atoms with Crippen molar-refractivity contribution >= 4 is 17.4 Å². The van der Waals surface area contributed by atoms with Gasteiger partial charge in [-0.25, -0.2) is 4.79 Å². The molecule has 0 fully saturated rings. The Morgan fingerprint density at radius 1 is 1.60 bits per heavy atom. The lowest BCUT2D eigenvalue weighted by molar-refractivity contribution is 0.0532. The van der Waals surface area contributed by atoms with Crippen LogP contribution in [0.1, 0.15) is 25.6 Å². The first-order chi connectivity index (χ1) is 6.97. The van der Waals surface area contributed by atoms with Crippen molar-refractivity contribution in [3.8, 4) is 0 Å². The van der Waals surface area contributed by atoms with E-state index < -0.39 is 5.60 Å². The topological polar surface area (TPSA) is 38.3 Å². The summed E-state index contributed by atoms with van der Waals surface area (Å²) >= 11 is 1.64. The first-order valence-corrected chi connectivity index (χ1v) is 5.69. The highest BCUT2D eigenvalue weighted by Crippen LogP contribution is 2.10. The van der Waals surface area contributed by atoms with Crippen molar-refractivity contribution in [2.75, 3.05) is 6.54 Å². The smallest absolute Gasteiger partial charge is 0.407 e. The maximum Gasteiger partial charge on any atom is 0.407 e. The number of rotatable bonds is 3. The van der Waals surface area contributed by atoms with Gasteiger partial charge in [0.1, 0.15) is 5.60 Å². The van der Waals surface area contributed by atoms with Crippen molar-refractivity contribution in [1.29, 1.82) is 0 Å². The van der Waals surface area contributed by atoms with Gasteiger partial charge in [0, 0.05) is 17.8 Å². The van der Waals surface area contributed by atoms with Crippen molar-refractivity contribution in [2.45, 2.75) is 26.4 Å². The molecule has 1 heterocycles. The number of nitrogens with one attached hydrogen (secondary N) is 1. The third-order valence-corrected chi connectivity index (χ3v) is 2.36. The zero-order chi connectivity index (χ0) is 11.3. The molecular formula is C11H16NO2S. The summed E-state index contributed by atoms with van der Waals surface area (Å²) in [5.41, 5.74) is -0.437. The fraction of sp³-hybridized carbons (Fsp3) is 0.455. The maximum absolute atomic E-state index is 11.2. The maximum atomic E-state index is 11.2. The molecule has 0 atom stereocenters. The molecule has 0 aliphatic rings. The minimum absolute atomic E-state index is 0.379. The SMILES string of the molecule is CC(C)(C)OC(=O)NC[CH]c1cccs1. The van der Waals surface area contributed by atoms with Gasteiger partial charge in [-0.05, 0) is 32.2 Å². The van der Waals surface area contributed by atoms with Crippen LogP contribution in [0.15, 0.2) is 17.5 Å². The molecule has 15 heavy (non-hydrogen) atoms. The van der Waals surface area contributed by atoms with Crippen LogP contribution in [-0.4, -0.2) is 18.2 Å². The van der Waals surface area contributed by atoms with Crippen LogP contribution >= 0.6 is 11.3 Å². The van der Waals surface area contributed by atoms with E-state index in [-0.39, 0.29) is 6.09 Å². The highest BCUT2D eigenvalue weighted by Gasteiger charge is 2.15. The quantitative estimate of drug-likeness (QED) is 0.860. The number of amides is 1. The monoisotopic (exact) mass is 226 g/mol. The van der Waals surface area contributed by atoms with Crippen LogP contribution < -0.4 is 5.32 Å². The standard InChI is InChI=1S/C11H16NO2S/c1-11(2,3)14-10(13)12-7-6-9-5-4-8-15-9/h4-6,8H,7H2,1-3H3,(H,12,13). The third kappa shape index (κ3) is 5.42. The molecule has 1 amide bonds. The van der Waals surface area contributed by atoms with E-state index in [1.807, 2.05) is 44.7 Å². The van der Waals surface area contributed by atoms with Crippen LogP contribution in [0.2, 0.25) is 0 Å². The number of carbonyl (C=O) groups excluding carboxylic acids is 1. The minimum Gasteiger partial charge on any atom is -0.444 e. The molecule has 1 aromatic rings. The number of hydrogen-bond acceptors (Lipinski definition) is 3. The van der Waals surface area contributed by atoms with Crippen LogP contribution in [0, 0.1) is 6.42 Å². The molecule has 1 aromatic heterocycles. The molecule has 0 spiro atoms. The summed E-state index contributed by atoms with van der Waals surface area (Å²) in [6.07, 6.45) is 1.57. The lowest BCUT2D eigenvalue weighted by atomic mass is 10.2. The Kier molecular flexibility index (Phi) is 4.15. The Morgan fingerprint density at radius 2 is 2.33 bits per heavy atom. The lowest BCUT2D eigenvalue weighted by Crippen LogP contribution is -2.33. The van der Waals surface area contributed by atoms with Gasteiger partial charge in [0.15, 0.2) is 0 Å². The summed E-state index contributed by atoms with van der Waals surface area (Å²) in [6.45, 7) is 6.02. The summed E-state index contributed by atoms with van der Waals surface area (Å²) in [5.74, 6) is 0. The highest BCUT2D eigenvalue weighted by molar-refractivity contribution is 7.10. The van der Waals surface area contributed by atoms with Crippen molar-refractivity contribution in [3.05, 3.63) is 28.8 Å². The minimum atomic E-state index is -0.437. The van der Waals surface area contributed by atoms with Crippen LogP contribution in [0.3, 0.4) is 0 Å². The van der Waals surface area contributed by atoms with Gasteiger partial charge in [-0.2, -0.15) is 0 Å². The van der Waals surface area contributed by atoms with Crippen molar-refractivity contribution in [3.63, 3.8) is 0 Å². The van der Waals surface area contributed by atoms with Crippen LogP contribution in [0.25, 0.3) is 0 Å². The van der Waals surface area contributed by atoms with Gasteiger partial charge >= 0.3 is 6.09 Å². The molecule has 83 valence electrons. The third-order valence-electron chi connectivity index (χ3n) is 1.49. The Morgan fingerprint density at radius 3 is 2.87 bits per heavy atom. The molecule has 0 aliphatic carbocycles. The fourth-order valence-electron chi connectivity index (χ4n) is 0.957. The molecule has 1 rings (SSSR count). The molecule has 0 saturated heterocycles. The van der Waals surface area contributed by atoms with Crippen LogP contribution in [0.5, 0.6) is 0 Å². The normalized spacial score (nSPS) is 11.1. The van der Waals surface area contributed by atoms with E-state index in [9.17, 15) is 4.79 Å². The number of carbonyl (C=O) groups is 1. The second-order valence-corrected chi connectivity index (χ2v) is 5.08. The number of hydrogen-bond donors (Lipinski definition) is 1. The van der Waals surface area contributed by atoms with E-state index in [4.69, 9.17) is 4.74 Å². The molecule has 0 aromatic carbocycles. The predicted molar refractivity (Wildman–Crippen MR) is 62.0 cm³/mol. The zero-order valence-electron chi connectivity index (χ0n) is 9.24. The van der Waals surface area contributed by atoms with Gasteiger partial charge in [0.25, 0.3) is 0 Å². The van der Waals surface area contributed by atoms with Gasteiger partial charge < -0.3 is 10.1 Å². The first kappa shape index (κ1) is 12.0. The Balaban J connectivity index is 2.18. The molecule has 0 unspecified atom stereocenters. The van der Waals surface area contributed by atoms with Gasteiger partial charge in [0.05, 0.1) is 0 Å². The Bertz CT molecular complexity index is 301. The highest BCUT2D eigenvalue weighted by atomic mass is 32.1. The van der Waals surface area contributed by atoms with Crippen LogP contribution in [-0.2, 0) is 4.74 Å². The van der Waals surface area contributed by atoms with Gasteiger partial charge in [-0.3, -0.25) is 0 Å². The molecule has 1 radical (unpaired) electrons. The predicted octanol–water partition coefficient (Wildman–Crippen LogP) is 2.83. The molecule has 0 aliphatic heterocycles. The second-order valence-electron chi connectivity index (χ2n) is 4.10. The second kappa shape index (κ2) is 5.16. The Hall–Kier alpha value is -1.03. The summed E-state index contributed by atoms with van der Waals surface area (Å²) in [4.78, 5) is 12.4. The average molecular weight is 226 g/mol. The molecule has 3 nitrogen and oxygen atoms in total. The van der Waals surface area contributed by atoms with E-state index in [1.165, 1.54) is 0 Å². The summed E-state index contributed by atoms with van der Waals surface area (Å²) in [7, 11) is 0. The largest absolute Gasteiger partial charge is 0.444 e. The van der Waals surface area contributed by atoms with E-state index in [0.717, 1.165) is 4.88 Å². The van der Waals surface area contributed by atoms with Crippen LogP contribution in [0.4, 0.5) is 4.79 Å². The zero-order valence-corrected chi connectivity index (χ0v) is 10.1. The fourth-order valence-corrected chi connectivity index (χ4v) is 1.61. The number of ether oxygens (including phenoxy) is 1. The molecule has 4 heteroatoms. The summed E-state index contributed by atoms with van der Waals surface area (Å²) < 4.78 is 5.09. The lowest BCUT2D eigenvalue weighted by Gasteiger charge is -2.19.